The van der Waals surface area contributed by atoms with Crippen molar-refractivity contribution in [1.82, 2.24) is 19.8 Å². The van der Waals surface area contributed by atoms with Crippen LogP contribution in [0.3, 0.4) is 0 Å². The molecule has 3 aromatic rings. The third kappa shape index (κ3) is 6.08. The summed E-state index contributed by atoms with van der Waals surface area (Å²) >= 11 is 6.43. The number of carbonyl (C=O) groups is 2. The number of likely N-dealkylation sites (tertiary alicyclic amines) is 1. The van der Waals surface area contributed by atoms with Gasteiger partial charge in [0.05, 0.1) is 34.3 Å². The number of nitrogens with one attached hydrogen (secondary N) is 2. The maximum atomic E-state index is 13.9. The lowest BCUT2D eigenvalue weighted by molar-refractivity contribution is 0.0216. The van der Waals surface area contributed by atoms with Gasteiger partial charge in [-0.15, -0.1) is 0 Å². The number of benzene rings is 2. The van der Waals surface area contributed by atoms with Crippen molar-refractivity contribution in [2.24, 2.45) is 0 Å². The lowest BCUT2D eigenvalue weighted by atomic mass is 10.1. The topological polar surface area (TPSA) is 115 Å². The van der Waals surface area contributed by atoms with E-state index in [9.17, 15) is 14.4 Å². The SMILES string of the molecule is COCCNC(=O)Nc1cccc(-n2c(C3CCCN3C(=O)OC(C)(C)C)nc3cccc(Cl)c3c2=O)c1. The van der Waals surface area contributed by atoms with Crippen molar-refractivity contribution in [3.05, 3.63) is 63.7 Å². The number of anilines is 1. The van der Waals surface area contributed by atoms with Crippen molar-refractivity contribution in [2.45, 2.75) is 45.3 Å². The number of urea groups is 1. The van der Waals surface area contributed by atoms with Crippen LogP contribution >= 0.6 is 11.6 Å². The summed E-state index contributed by atoms with van der Waals surface area (Å²) in [6.07, 6.45) is 0.879. The highest BCUT2D eigenvalue weighted by atomic mass is 35.5. The second-order valence-corrected chi connectivity index (χ2v) is 10.4. The highest BCUT2D eigenvalue weighted by molar-refractivity contribution is 6.35. The molecule has 1 aliphatic heterocycles. The first-order valence-electron chi connectivity index (χ1n) is 12.4. The molecule has 1 aliphatic rings. The first-order valence-corrected chi connectivity index (χ1v) is 12.8. The molecular weight excluding hydrogens is 510 g/mol. The molecule has 38 heavy (non-hydrogen) atoms. The van der Waals surface area contributed by atoms with Gasteiger partial charge < -0.3 is 20.1 Å². The smallest absolute Gasteiger partial charge is 0.410 e. The van der Waals surface area contributed by atoms with Gasteiger partial charge in [-0.3, -0.25) is 14.3 Å². The van der Waals surface area contributed by atoms with Crippen molar-refractivity contribution in [3.63, 3.8) is 0 Å². The van der Waals surface area contributed by atoms with E-state index in [1.807, 2.05) is 20.8 Å². The molecule has 0 saturated carbocycles. The average Bonchev–Trinajstić information content (AvgIpc) is 3.33. The number of carbonyl (C=O) groups excluding carboxylic acids is 2. The monoisotopic (exact) mass is 541 g/mol. The fourth-order valence-corrected chi connectivity index (χ4v) is 4.67. The van der Waals surface area contributed by atoms with E-state index < -0.39 is 23.8 Å². The van der Waals surface area contributed by atoms with Gasteiger partial charge in [0.1, 0.15) is 11.4 Å². The fraction of sp³-hybridized carbons (Fsp3) is 0.407. The zero-order chi connectivity index (χ0) is 27.4. The van der Waals surface area contributed by atoms with Gasteiger partial charge in [0.15, 0.2) is 0 Å². The molecule has 2 N–H and O–H groups in total. The Morgan fingerprint density at radius 3 is 2.68 bits per heavy atom. The Bertz CT molecular complexity index is 1400. The van der Waals surface area contributed by atoms with Crippen LogP contribution in [0.2, 0.25) is 5.02 Å². The summed E-state index contributed by atoms with van der Waals surface area (Å²) in [6.45, 7) is 6.64. The zero-order valence-electron chi connectivity index (χ0n) is 21.9. The van der Waals surface area contributed by atoms with E-state index >= 15 is 0 Å². The van der Waals surface area contributed by atoms with Gasteiger partial charge in [0.2, 0.25) is 0 Å². The van der Waals surface area contributed by atoms with Crippen molar-refractivity contribution in [2.75, 3.05) is 32.1 Å². The summed E-state index contributed by atoms with van der Waals surface area (Å²) in [7, 11) is 1.55. The molecular formula is C27H32ClN5O5. The molecule has 2 aromatic carbocycles. The first-order chi connectivity index (χ1) is 18.1. The predicted octanol–water partition coefficient (Wildman–Crippen LogP) is 4.88. The van der Waals surface area contributed by atoms with Crippen molar-refractivity contribution in [1.29, 1.82) is 0 Å². The van der Waals surface area contributed by atoms with Crippen LogP contribution in [0.1, 0.15) is 45.5 Å². The number of hydrogen-bond acceptors (Lipinski definition) is 6. The third-order valence-electron chi connectivity index (χ3n) is 6.01. The standard InChI is InChI=1S/C27H32ClN5O5/c1-27(2,3)38-26(36)32-14-7-12-21(32)23-31-20-11-6-10-19(28)22(20)24(34)33(23)18-9-5-8-17(16-18)30-25(35)29-13-15-37-4/h5-6,8-11,16,21H,7,12-15H2,1-4H3,(H2,29,30,35). The summed E-state index contributed by atoms with van der Waals surface area (Å²) in [5, 5.41) is 6.02. The second-order valence-electron chi connectivity index (χ2n) is 10.0. The molecule has 4 rings (SSSR count). The van der Waals surface area contributed by atoms with Gasteiger partial charge in [-0.05, 0) is 63.9 Å². The van der Waals surface area contributed by atoms with E-state index in [4.69, 9.17) is 26.1 Å². The van der Waals surface area contributed by atoms with E-state index in [1.165, 1.54) is 4.57 Å². The Labute approximate surface area is 225 Å². The lowest BCUT2D eigenvalue weighted by Gasteiger charge is -2.29. The van der Waals surface area contributed by atoms with Crippen LogP contribution in [-0.2, 0) is 9.47 Å². The molecule has 11 heteroatoms. The third-order valence-corrected chi connectivity index (χ3v) is 6.32. The van der Waals surface area contributed by atoms with Gasteiger partial charge in [-0.1, -0.05) is 23.7 Å². The van der Waals surface area contributed by atoms with E-state index in [-0.39, 0.29) is 16.0 Å². The van der Waals surface area contributed by atoms with Gasteiger partial charge in [-0.2, -0.15) is 0 Å². The summed E-state index contributed by atoms with van der Waals surface area (Å²) in [4.78, 5) is 45.8. The number of nitrogens with zero attached hydrogens (tertiary/aromatic N) is 3. The van der Waals surface area contributed by atoms with Crippen LogP contribution in [0.15, 0.2) is 47.3 Å². The van der Waals surface area contributed by atoms with Gasteiger partial charge in [0, 0.05) is 25.9 Å². The Hall–Kier alpha value is -3.63. The molecule has 1 saturated heterocycles. The summed E-state index contributed by atoms with van der Waals surface area (Å²) in [5.41, 5.74) is 0.359. The van der Waals surface area contributed by atoms with E-state index in [0.29, 0.717) is 48.8 Å². The molecule has 0 radical (unpaired) electrons. The van der Waals surface area contributed by atoms with Crippen molar-refractivity contribution < 1.29 is 19.1 Å². The molecule has 10 nitrogen and oxygen atoms in total. The van der Waals surface area contributed by atoms with Crippen molar-refractivity contribution >= 4 is 40.3 Å². The normalized spacial score (nSPS) is 15.5. The number of amides is 3. The number of methoxy groups -OCH3 is 1. The van der Waals surface area contributed by atoms with Crippen molar-refractivity contribution in [3.8, 4) is 5.69 Å². The Balaban J connectivity index is 1.80. The molecule has 1 fully saturated rings. The zero-order valence-corrected chi connectivity index (χ0v) is 22.7. The number of ether oxygens (including phenoxy) is 2. The molecule has 0 bridgehead atoms. The van der Waals surface area contributed by atoms with Crippen LogP contribution in [0.5, 0.6) is 0 Å². The minimum atomic E-state index is -0.669. The highest BCUT2D eigenvalue weighted by Crippen LogP contribution is 2.34. The quantitative estimate of drug-likeness (QED) is 0.430. The van der Waals surface area contributed by atoms with Gasteiger partial charge >= 0.3 is 12.1 Å². The van der Waals surface area contributed by atoms with Crippen LogP contribution in [0.25, 0.3) is 16.6 Å². The van der Waals surface area contributed by atoms with Crippen LogP contribution in [-0.4, -0.2) is 59.0 Å². The Morgan fingerprint density at radius 1 is 1.18 bits per heavy atom. The molecule has 0 aliphatic carbocycles. The van der Waals surface area contributed by atoms with E-state index in [1.54, 1.807) is 54.5 Å². The van der Waals surface area contributed by atoms with E-state index in [2.05, 4.69) is 10.6 Å². The number of hydrogen-bond donors (Lipinski definition) is 2. The number of fused-ring (bicyclic) bond motifs is 1. The maximum Gasteiger partial charge on any atom is 0.410 e. The Morgan fingerprint density at radius 2 is 1.95 bits per heavy atom. The minimum absolute atomic E-state index is 0.274. The lowest BCUT2D eigenvalue weighted by Crippen LogP contribution is -2.38. The summed E-state index contributed by atoms with van der Waals surface area (Å²) in [5.74, 6) is 0.398. The number of aromatic nitrogens is 2. The van der Waals surface area contributed by atoms with Gasteiger partial charge in [-0.25, -0.2) is 14.6 Å². The van der Waals surface area contributed by atoms with Crippen LogP contribution in [0.4, 0.5) is 15.3 Å². The fourth-order valence-electron chi connectivity index (χ4n) is 4.42. The van der Waals surface area contributed by atoms with Crippen LogP contribution < -0.4 is 16.2 Å². The number of halogens is 1. The average molecular weight is 542 g/mol. The molecule has 1 atom stereocenters. The molecule has 1 unspecified atom stereocenters. The second kappa shape index (κ2) is 11.4. The van der Waals surface area contributed by atoms with Gasteiger partial charge in [0.25, 0.3) is 5.56 Å². The molecule has 2 heterocycles. The first kappa shape index (κ1) is 27.4. The van der Waals surface area contributed by atoms with Crippen LogP contribution in [0, 0.1) is 0 Å². The maximum absolute atomic E-state index is 13.9. The summed E-state index contributed by atoms with van der Waals surface area (Å²) < 4.78 is 12.1. The molecule has 0 spiro atoms. The molecule has 3 amide bonds. The van der Waals surface area contributed by atoms with E-state index in [0.717, 1.165) is 6.42 Å². The molecule has 1 aromatic heterocycles. The highest BCUT2D eigenvalue weighted by Gasteiger charge is 2.36. The predicted molar refractivity (Wildman–Crippen MR) is 146 cm³/mol. The molecule has 202 valence electrons. The minimum Gasteiger partial charge on any atom is -0.444 e. The Kier molecular flexibility index (Phi) is 8.23. The largest absolute Gasteiger partial charge is 0.444 e. The summed E-state index contributed by atoms with van der Waals surface area (Å²) in [6, 6.07) is 11.1. The number of rotatable bonds is 6.